The van der Waals surface area contributed by atoms with Crippen LogP contribution in [0.4, 0.5) is 0 Å². The van der Waals surface area contributed by atoms with Crippen LogP contribution in [0.1, 0.15) is 47.9 Å². The Balaban J connectivity index is 0.773. The Bertz CT molecular complexity index is 3510. The van der Waals surface area contributed by atoms with Crippen LogP contribution in [0.3, 0.4) is 0 Å². The fourth-order valence-corrected chi connectivity index (χ4v) is 11.0. The maximum absolute atomic E-state index is 11.4. The van der Waals surface area contributed by atoms with E-state index >= 15 is 0 Å². The fourth-order valence-electron chi connectivity index (χ4n) is 11.0. The summed E-state index contributed by atoms with van der Waals surface area (Å²) in [6.07, 6.45) is 7.72. The predicted molar refractivity (Wildman–Crippen MR) is 267 cm³/mol. The zero-order valence-electron chi connectivity index (χ0n) is 35.5. The van der Waals surface area contributed by atoms with Gasteiger partial charge in [-0.3, -0.25) is 0 Å². The van der Waals surface area contributed by atoms with E-state index in [-0.39, 0.29) is 23.0 Å². The average molecular weight is 831 g/mol. The highest BCUT2D eigenvalue weighted by Crippen LogP contribution is 2.51. The molecule has 310 valence electrons. The standard InChI is InChI=1S/C60H46O4/c61-51-33-45-31-35(7-1-3-9-37-17-19-43-23-21-39-11-5-13-41-25-29-47(37)55(43)53(39)41)15-27-49(45)57(59(51)63)58-50-28-16-36(32-46(50)34-52(62)60(58)64)8-2-4-10-38-18-20-44-24-22-40-12-6-14-42-26-30-48(38)56(44)54(40)42/h5-6,11-34,61-64H,1-4,7-10H2. The molecule has 4 heteroatoms. The summed E-state index contributed by atoms with van der Waals surface area (Å²) in [6.45, 7) is 0. The van der Waals surface area contributed by atoms with Gasteiger partial charge in [-0.2, -0.15) is 0 Å². The molecule has 0 amide bonds. The smallest absolute Gasteiger partial charge is 0.166 e. The van der Waals surface area contributed by atoms with Crippen molar-refractivity contribution in [3.63, 3.8) is 0 Å². The number of benzene rings is 12. The van der Waals surface area contributed by atoms with Gasteiger partial charge in [0.2, 0.25) is 0 Å². The van der Waals surface area contributed by atoms with E-state index in [9.17, 15) is 20.4 Å². The van der Waals surface area contributed by atoms with E-state index in [2.05, 4.69) is 133 Å². The summed E-state index contributed by atoms with van der Waals surface area (Å²) in [7, 11) is 0. The number of fused-ring (bicyclic) bond motifs is 2. The van der Waals surface area contributed by atoms with Crippen molar-refractivity contribution in [3.05, 3.63) is 180 Å². The number of rotatable bonds is 11. The average Bonchev–Trinajstić information content (AvgIpc) is 3.32. The lowest BCUT2D eigenvalue weighted by molar-refractivity contribution is 0.401. The van der Waals surface area contributed by atoms with Crippen LogP contribution in [0, 0.1) is 0 Å². The van der Waals surface area contributed by atoms with Crippen LogP contribution in [0.2, 0.25) is 0 Å². The molecule has 0 radical (unpaired) electrons. The summed E-state index contributed by atoms with van der Waals surface area (Å²) in [4.78, 5) is 0. The minimum Gasteiger partial charge on any atom is -0.504 e. The van der Waals surface area contributed by atoms with Crippen LogP contribution in [-0.2, 0) is 25.7 Å². The Morgan fingerprint density at radius 2 is 0.625 bits per heavy atom. The molecule has 4 N–H and O–H groups in total. The number of unbranched alkanes of at least 4 members (excludes halogenated alkanes) is 2. The van der Waals surface area contributed by atoms with Crippen LogP contribution < -0.4 is 0 Å². The second kappa shape index (κ2) is 15.1. The van der Waals surface area contributed by atoms with Gasteiger partial charge in [-0.1, -0.05) is 146 Å². The number of phenols is 4. The van der Waals surface area contributed by atoms with Crippen molar-refractivity contribution in [3.8, 4) is 34.1 Å². The minimum atomic E-state index is -0.327. The molecular formula is C60H46O4. The zero-order chi connectivity index (χ0) is 43.1. The largest absolute Gasteiger partial charge is 0.504 e. The summed E-state index contributed by atoms with van der Waals surface area (Å²) >= 11 is 0. The second-order valence-electron chi connectivity index (χ2n) is 17.9. The third-order valence-electron chi connectivity index (χ3n) is 14.1. The Hall–Kier alpha value is -7.56. The maximum Gasteiger partial charge on any atom is 0.166 e. The van der Waals surface area contributed by atoms with Crippen molar-refractivity contribution in [2.75, 3.05) is 0 Å². The van der Waals surface area contributed by atoms with Gasteiger partial charge in [0.15, 0.2) is 23.0 Å². The molecule has 0 aliphatic rings. The van der Waals surface area contributed by atoms with Gasteiger partial charge in [0, 0.05) is 11.1 Å². The third kappa shape index (κ3) is 6.19. The van der Waals surface area contributed by atoms with Crippen molar-refractivity contribution in [2.24, 2.45) is 0 Å². The highest BCUT2D eigenvalue weighted by molar-refractivity contribution is 6.24. The molecule has 0 saturated carbocycles. The van der Waals surface area contributed by atoms with Gasteiger partial charge in [0.05, 0.1) is 0 Å². The molecule has 0 heterocycles. The highest BCUT2D eigenvalue weighted by atomic mass is 16.3. The lowest BCUT2D eigenvalue weighted by Crippen LogP contribution is -1.94. The Kier molecular flexibility index (Phi) is 8.98. The number of aromatic hydroxyl groups is 4. The first-order chi connectivity index (χ1) is 31.4. The van der Waals surface area contributed by atoms with Gasteiger partial charge in [-0.25, -0.2) is 0 Å². The fraction of sp³-hybridized carbons (Fsp3) is 0.133. The molecule has 0 spiro atoms. The molecular weight excluding hydrogens is 785 g/mol. The summed E-state index contributed by atoms with van der Waals surface area (Å²) < 4.78 is 0. The van der Waals surface area contributed by atoms with E-state index in [1.165, 1.54) is 75.8 Å². The zero-order valence-corrected chi connectivity index (χ0v) is 35.5. The minimum absolute atomic E-state index is 0.272. The molecule has 12 aromatic rings. The summed E-state index contributed by atoms with van der Waals surface area (Å²) in [6, 6.07) is 55.5. The maximum atomic E-state index is 11.4. The third-order valence-corrected chi connectivity index (χ3v) is 14.1. The van der Waals surface area contributed by atoms with Crippen molar-refractivity contribution in [1.29, 1.82) is 0 Å². The number of hydrogen-bond acceptors (Lipinski definition) is 4. The lowest BCUT2D eigenvalue weighted by Gasteiger charge is -2.17. The SMILES string of the molecule is Oc1cc2cc(CCCCc3ccc4ccc5cccc6ccc3c4c56)ccc2c(-c2c(O)c(O)cc3cc(CCCCc4ccc5ccc6cccc7ccc4c5c67)ccc23)c1O. The summed E-state index contributed by atoms with van der Waals surface area (Å²) in [5.41, 5.74) is 5.61. The topological polar surface area (TPSA) is 80.9 Å². The van der Waals surface area contributed by atoms with Gasteiger partial charge < -0.3 is 20.4 Å². The Morgan fingerprint density at radius 3 is 1.05 bits per heavy atom. The number of phenolic OH excluding ortho intramolecular Hbond substituents is 4. The lowest BCUT2D eigenvalue weighted by atomic mass is 9.89. The quantitative estimate of drug-likeness (QED) is 0.0595. The molecule has 12 rings (SSSR count). The Morgan fingerprint density at radius 1 is 0.281 bits per heavy atom. The molecule has 64 heavy (non-hydrogen) atoms. The van der Waals surface area contributed by atoms with Crippen molar-refractivity contribution in [1.82, 2.24) is 0 Å². The van der Waals surface area contributed by atoms with Crippen LogP contribution in [0.15, 0.2) is 158 Å². The molecule has 4 nitrogen and oxygen atoms in total. The van der Waals surface area contributed by atoms with Gasteiger partial charge in [-0.05, 0) is 172 Å². The molecule has 0 aliphatic carbocycles. The van der Waals surface area contributed by atoms with E-state index in [4.69, 9.17) is 0 Å². The molecule has 0 aliphatic heterocycles. The van der Waals surface area contributed by atoms with Crippen LogP contribution in [0.25, 0.3) is 97.3 Å². The molecule has 0 aromatic heterocycles. The number of aryl methyl sites for hydroxylation is 4. The van der Waals surface area contributed by atoms with E-state index in [1.807, 2.05) is 12.1 Å². The van der Waals surface area contributed by atoms with Gasteiger partial charge >= 0.3 is 0 Å². The monoisotopic (exact) mass is 830 g/mol. The predicted octanol–water partition coefficient (Wildman–Crippen LogP) is 15.4. The highest BCUT2D eigenvalue weighted by Gasteiger charge is 2.23. The molecule has 0 saturated heterocycles. The van der Waals surface area contributed by atoms with Gasteiger partial charge in [0.25, 0.3) is 0 Å². The molecule has 0 atom stereocenters. The van der Waals surface area contributed by atoms with Crippen LogP contribution >= 0.6 is 0 Å². The van der Waals surface area contributed by atoms with E-state index in [0.717, 1.165) is 73.3 Å². The van der Waals surface area contributed by atoms with Gasteiger partial charge in [-0.15, -0.1) is 0 Å². The normalized spacial score (nSPS) is 12.2. The first kappa shape index (κ1) is 38.1. The molecule has 0 fully saturated rings. The first-order valence-electron chi connectivity index (χ1n) is 22.6. The van der Waals surface area contributed by atoms with Gasteiger partial charge in [0.1, 0.15) is 0 Å². The summed E-state index contributed by atoms with van der Waals surface area (Å²) in [5.74, 6) is -1.20. The van der Waals surface area contributed by atoms with Crippen LogP contribution in [0.5, 0.6) is 23.0 Å². The van der Waals surface area contributed by atoms with Crippen molar-refractivity contribution in [2.45, 2.75) is 51.4 Å². The summed E-state index contributed by atoms with van der Waals surface area (Å²) in [5, 5.41) is 63.7. The van der Waals surface area contributed by atoms with Crippen molar-refractivity contribution < 1.29 is 20.4 Å². The van der Waals surface area contributed by atoms with E-state index < -0.39 is 0 Å². The van der Waals surface area contributed by atoms with E-state index in [1.54, 1.807) is 12.1 Å². The first-order valence-corrected chi connectivity index (χ1v) is 22.6. The van der Waals surface area contributed by atoms with Crippen molar-refractivity contribution >= 4 is 86.2 Å². The van der Waals surface area contributed by atoms with Crippen LogP contribution in [-0.4, -0.2) is 20.4 Å². The molecule has 0 unspecified atom stereocenters. The van der Waals surface area contributed by atoms with E-state index in [0.29, 0.717) is 21.9 Å². The Labute approximate surface area is 370 Å². The molecule has 0 bridgehead atoms. The number of hydrogen-bond donors (Lipinski definition) is 4. The molecule has 12 aromatic carbocycles. The second-order valence-corrected chi connectivity index (χ2v) is 17.9.